The molecule has 2 aromatic rings. The SMILES string of the molecule is O=C(/C=C\Nc1ccc2c(c1)OCO2)c1ccccc1. The predicted octanol–water partition coefficient (Wildman–Crippen LogP) is 3.22. The molecule has 0 radical (unpaired) electrons. The molecule has 0 saturated heterocycles. The second-order valence-corrected chi connectivity index (χ2v) is 4.28. The van der Waals surface area contributed by atoms with Crippen molar-refractivity contribution in [1.82, 2.24) is 0 Å². The van der Waals surface area contributed by atoms with Gasteiger partial charge in [-0.2, -0.15) is 0 Å². The van der Waals surface area contributed by atoms with Gasteiger partial charge in [-0.25, -0.2) is 0 Å². The standard InChI is InChI=1S/C16H13NO3/c18-14(12-4-2-1-3-5-12)8-9-17-13-6-7-15-16(10-13)20-11-19-15/h1-10,17H,11H2/b9-8-. The minimum Gasteiger partial charge on any atom is -0.454 e. The zero-order valence-electron chi connectivity index (χ0n) is 10.7. The predicted molar refractivity (Wildman–Crippen MR) is 76.1 cm³/mol. The van der Waals surface area contributed by atoms with Gasteiger partial charge in [0, 0.05) is 29.6 Å². The van der Waals surface area contributed by atoms with Crippen molar-refractivity contribution < 1.29 is 14.3 Å². The minimum absolute atomic E-state index is 0.0427. The van der Waals surface area contributed by atoms with Gasteiger partial charge in [0.1, 0.15) is 0 Å². The highest BCUT2D eigenvalue weighted by Gasteiger charge is 2.12. The number of hydrogen-bond acceptors (Lipinski definition) is 4. The molecule has 1 N–H and O–H groups in total. The molecule has 0 atom stereocenters. The number of ketones is 1. The monoisotopic (exact) mass is 267 g/mol. The number of carbonyl (C=O) groups is 1. The number of rotatable bonds is 4. The minimum atomic E-state index is -0.0427. The summed E-state index contributed by atoms with van der Waals surface area (Å²) in [5.41, 5.74) is 1.50. The lowest BCUT2D eigenvalue weighted by molar-refractivity contribution is 0.104. The van der Waals surface area contributed by atoms with Gasteiger partial charge >= 0.3 is 0 Å². The first-order chi connectivity index (χ1) is 9.83. The van der Waals surface area contributed by atoms with Crippen LogP contribution in [0.2, 0.25) is 0 Å². The fraction of sp³-hybridized carbons (Fsp3) is 0.0625. The molecule has 20 heavy (non-hydrogen) atoms. The third-order valence-electron chi connectivity index (χ3n) is 2.92. The van der Waals surface area contributed by atoms with Gasteiger partial charge in [-0.15, -0.1) is 0 Å². The Morgan fingerprint density at radius 3 is 2.70 bits per heavy atom. The lowest BCUT2D eigenvalue weighted by Crippen LogP contribution is -1.95. The van der Waals surface area contributed by atoms with Crippen molar-refractivity contribution >= 4 is 11.5 Å². The molecule has 1 aliphatic heterocycles. The van der Waals surface area contributed by atoms with Crippen molar-refractivity contribution in [3.05, 3.63) is 66.4 Å². The highest BCUT2D eigenvalue weighted by atomic mass is 16.7. The van der Waals surface area contributed by atoms with Gasteiger partial charge in [0.25, 0.3) is 0 Å². The van der Waals surface area contributed by atoms with Crippen molar-refractivity contribution in [3.8, 4) is 11.5 Å². The molecule has 0 amide bonds. The summed E-state index contributed by atoms with van der Waals surface area (Å²) in [4.78, 5) is 11.9. The second-order valence-electron chi connectivity index (χ2n) is 4.28. The maximum atomic E-state index is 11.9. The Hall–Kier alpha value is -2.75. The molecule has 0 saturated carbocycles. The summed E-state index contributed by atoms with van der Waals surface area (Å²) in [6.07, 6.45) is 3.12. The second kappa shape index (κ2) is 5.48. The number of hydrogen-bond donors (Lipinski definition) is 1. The molecule has 3 rings (SSSR count). The molecule has 0 fully saturated rings. The third-order valence-corrected chi connectivity index (χ3v) is 2.92. The Morgan fingerprint density at radius 1 is 1.05 bits per heavy atom. The van der Waals surface area contributed by atoms with Gasteiger partial charge in [0.05, 0.1) is 0 Å². The first-order valence-electron chi connectivity index (χ1n) is 6.25. The summed E-state index contributed by atoms with van der Waals surface area (Å²) >= 11 is 0. The summed E-state index contributed by atoms with van der Waals surface area (Å²) in [7, 11) is 0. The molecule has 0 bridgehead atoms. The van der Waals surface area contributed by atoms with E-state index in [9.17, 15) is 4.79 Å². The smallest absolute Gasteiger partial charge is 0.231 e. The van der Waals surface area contributed by atoms with Crippen LogP contribution in [0, 0.1) is 0 Å². The first-order valence-corrected chi connectivity index (χ1v) is 6.25. The fourth-order valence-electron chi connectivity index (χ4n) is 1.90. The van der Waals surface area contributed by atoms with E-state index in [4.69, 9.17) is 9.47 Å². The summed E-state index contributed by atoms with van der Waals surface area (Å²) in [5.74, 6) is 1.40. The van der Waals surface area contributed by atoms with Crippen LogP contribution >= 0.6 is 0 Å². The maximum absolute atomic E-state index is 11.9. The lowest BCUT2D eigenvalue weighted by Gasteiger charge is -2.02. The number of allylic oxidation sites excluding steroid dienone is 1. The number of ether oxygens (including phenoxy) is 2. The molecular weight excluding hydrogens is 254 g/mol. The van der Waals surface area contributed by atoms with Crippen LogP contribution < -0.4 is 14.8 Å². The third kappa shape index (κ3) is 2.64. The van der Waals surface area contributed by atoms with E-state index in [-0.39, 0.29) is 12.6 Å². The Bertz CT molecular complexity index is 650. The Balaban J connectivity index is 1.65. The number of fused-ring (bicyclic) bond motifs is 1. The number of anilines is 1. The van der Waals surface area contributed by atoms with Gasteiger partial charge < -0.3 is 14.8 Å². The number of nitrogens with one attached hydrogen (secondary N) is 1. The number of carbonyl (C=O) groups excluding carboxylic acids is 1. The van der Waals surface area contributed by atoms with E-state index in [1.165, 1.54) is 6.08 Å². The largest absolute Gasteiger partial charge is 0.454 e. The molecule has 0 aliphatic carbocycles. The van der Waals surface area contributed by atoms with Gasteiger partial charge in [-0.05, 0) is 12.1 Å². The van der Waals surface area contributed by atoms with E-state index >= 15 is 0 Å². The molecular formula is C16H13NO3. The van der Waals surface area contributed by atoms with Crippen LogP contribution in [0.4, 0.5) is 5.69 Å². The zero-order chi connectivity index (χ0) is 13.8. The van der Waals surface area contributed by atoms with Crippen LogP contribution in [0.5, 0.6) is 11.5 Å². The number of benzene rings is 2. The van der Waals surface area contributed by atoms with Gasteiger partial charge in [0.2, 0.25) is 6.79 Å². The van der Waals surface area contributed by atoms with Crippen molar-refractivity contribution in [3.63, 3.8) is 0 Å². The molecule has 100 valence electrons. The van der Waals surface area contributed by atoms with Gasteiger partial charge in [-0.3, -0.25) is 4.79 Å². The maximum Gasteiger partial charge on any atom is 0.231 e. The summed E-state index contributed by atoms with van der Waals surface area (Å²) in [6.45, 7) is 0.251. The summed E-state index contributed by atoms with van der Waals surface area (Å²) < 4.78 is 10.5. The Morgan fingerprint density at radius 2 is 1.85 bits per heavy atom. The topological polar surface area (TPSA) is 47.6 Å². The van der Waals surface area contributed by atoms with Gasteiger partial charge in [0.15, 0.2) is 17.3 Å². The first kappa shape index (κ1) is 12.3. The lowest BCUT2D eigenvalue weighted by atomic mass is 10.1. The Kier molecular flexibility index (Phi) is 3.37. The van der Waals surface area contributed by atoms with Crippen molar-refractivity contribution in [2.75, 3.05) is 12.1 Å². The molecule has 0 aromatic heterocycles. The van der Waals surface area contributed by atoms with E-state index in [0.717, 1.165) is 11.4 Å². The van der Waals surface area contributed by atoms with E-state index in [0.29, 0.717) is 11.3 Å². The zero-order valence-corrected chi connectivity index (χ0v) is 10.7. The van der Waals surface area contributed by atoms with E-state index in [2.05, 4.69) is 5.32 Å². The van der Waals surface area contributed by atoms with Crippen molar-refractivity contribution in [1.29, 1.82) is 0 Å². The highest BCUT2D eigenvalue weighted by Crippen LogP contribution is 2.34. The van der Waals surface area contributed by atoms with Crippen LogP contribution in [-0.2, 0) is 0 Å². The van der Waals surface area contributed by atoms with Crippen molar-refractivity contribution in [2.45, 2.75) is 0 Å². The van der Waals surface area contributed by atoms with Crippen LogP contribution in [0.3, 0.4) is 0 Å². The van der Waals surface area contributed by atoms with E-state index < -0.39 is 0 Å². The van der Waals surface area contributed by atoms with E-state index in [1.807, 2.05) is 36.4 Å². The fourth-order valence-corrected chi connectivity index (χ4v) is 1.90. The summed E-state index contributed by atoms with van der Waals surface area (Å²) in [6, 6.07) is 14.7. The highest BCUT2D eigenvalue weighted by molar-refractivity contribution is 6.04. The van der Waals surface area contributed by atoms with Crippen molar-refractivity contribution in [2.24, 2.45) is 0 Å². The molecule has 1 heterocycles. The molecule has 1 aliphatic rings. The normalized spacial score (nSPS) is 12.6. The van der Waals surface area contributed by atoms with Crippen LogP contribution in [-0.4, -0.2) is 12.6 Å². The van der Waals surface area contributed by atoms with Crippen LogP contribution in [0.1, 0.15) is 10.4 Å². The Labute approximate surface area is 116 Å². The molecule has 0 spiro atoms. The average molecular weight is 267 g/mol. The molecule has 0 unspecified atom stereocenters. The summed E-state index contributed by atoms with van der Waals surface area (Å²) in [5, 5.41) is 3.04. The molecule has 4 nitrogen and oxygen atoms in total. The quantitative estimate of drug-likeness (QED) is 0.682. The van der Waals surface area contributed by atoms with Crippen LogP contribution in [0.25, 0.3) is 0 Å². The van der Waals surface area contributed by atoms with E-state index in [1.54, 1.807) is 18.3 Å². The molecule has 2 aromatic carbocycles. The molecule has 4 heteroatoms. The van der Waals surface area contributed by atoms with Gasteiger partial charge in [-0.1, -0.05) is 30.3 Å². The average Bonchev–Trinajstić information content (AvgIpc) is 2.95. The van der Waals surface area contributed by atoms with Crippen LogP contribution in [0.15, 0.2) is 60.8 Å².